The van der Waals surface area contributed by atoms with Crippen molar-refractivity contribution in [1.82, 2.24) is 15.0 Å². The maximum atomic E-state index is 12.7. The lowest BCUT2D eigenvalue weighted by molar-refractivity contribution is -0.124. The Balaban J connectivity index is 1.83. The van der Waals surface area contributed by atoms with Gasteiger partial charge in [0.05, 0.1) is 5.39 Å². The van der Waals surface area contributed by atoms with E-state index in [-0.39, 0.29) is 5.91 Å². The van der Waals surface area contributed by atoms with E-state index in [0.29, 0.717) is 23.5 Å². The van der Waals surface area contributed by atoms with Crippen LogP contribution in [0.4, 0.5) is 11.5 Å². The topological polar surface area (TPSA) is 78.4 Å². The van der Waals surface area contributed by atoms with Crippen molar-refractivity contribution in [3.05, 3.63) is 71.6 Å². The molecule has 0 atom stereocenters. The number of rotatable bonds is 7. The van der Waals surface area contributed by atoms with Crippen molar-refractivity contribution >= 4 is 45.3 Å². The highest BCUT2D eigenvalue weighted by molar-refractivity contribution is 7.17. The van der Waals surface area contributed by atoms with E-state index in [4.69, 9.17) is 9.97 Å². The van der Waals surface area contributed by atoms with Crippen LogP contribution in [0.2, 0.25) is 0 Å². The van der Waals surface area contributed by atoms with Gasteiger partial charge in [-0.3, -0.25) is 20.0 Å². The Morgan fingerprint density at radius 3 is 2.32 bits per heavy atom. The molecule has 7 nitrogen and oxygen atoms in total. The van der Waals surface area contributed by atoms with Crippen LogP contribution in [-0.2, 0) is 9.59 Å². The number of likely N-dealkylation sites (N-methyl/N-ethyl adjacent to an activating group) is 1. The second-order valence-corrected chi connectivity index (χ2v) is 8.85. The first-order chi connectivity index (χ1) is 16.4. The predicted molar refractivity (Wildman–Crippen MR) is 139 cm³/mol. The van der Waals surface area contributed by atoms with E-state index in [1.807, 2.05) is 73.6 Å². The zero-order valence-corrected chi connectivity index (χ0v) is 20.3. The monoisotopic (exact) mass is 471 g/mol. The number of aromatic nitrogens is 2. The maximum absolute atomic E-state index is 12.7. The molecule has 0 saturated heterocycles. The molecule has 0 radical (unpaired) electrons. The molecule has 0 aliphatic heterocycles. The molecule has 2 aromatic carbocycles. The molecule has 4 aromatic rings. The molecular formula is C26H25N5O2S. The van der Waals surface area contributed by atoms with Crippen LogP contribution in [0.3, 0.4) is 0 Å². The number of fused-ring (bicyclic) bond motifs is 1. The third-order valence-electron chi connectivity index (χ3n) is 5.39. The summed E-state index contributed by atoms with van der Waals surface area (Å²) in [5.41, 5.74) is 7.43. The highest BCUT2D eigenvalue weighted by Gasteiger charge is 2.19. The fourth-order valence-electron chi connectivity index (χ4n) is 3.54. The van der Waals surface area contributed by atoms with Gasteiger partial charge in [-0.25, -0.2) is 9.97 Å². The quantitative estimate of drug-likeness (QED) is 0.232. The summed E-state index contributed by atoms with van der Waals surface area (Å²) >= 11 is 1.53. The number of benzene rings is 2. The SMILES string of the molecule is C/C(=C/C=O)C(=O)N(C)Nc1nc(-c2ccc(N(C)C)cc2)nc2scc(-c3ccccc3)c12. The third kappa shape index (κ3) is 4.67. The second-order valence-electron chi connectivity index (χ2n) is 7.99. The molecule has 0 aliphatic rings. The summed E-state index contributed by atoms with van der Waals surface area (Å²) in [6.07, 6.45) is 1.85. The van der Waals surface area contributed by atoms with Gasteiger partial charge in [0, 0.05) is 48.9 Å². The van der Waals surface area contributed by atoms with Crippen LogP contribution in [0.1, 0.15) is 6.92 Å². The Labute approximate surface area is 202 Å². The van der Waals surface area contributed by atoms with Gasteiger partial charge in [-0.2, -0.15) is 0 Å². The summed E-state index contributed by atoms with van der Waals surface area (Å²) < 4.78 is 0. The first-order valence-electron chi connectivity index (χ1n) is 10.7. The first-order valence-corrected chi connectivity index (χ1v) is 11.6. The van der Waals surface area contributed by atoms with E-state index in [9.17, 15) is 9.59 Å². The van der Waals surface area contributed by atoms with Gasteiger partial charge in [-0.1, -0.05) is 30.3 Å². The third-order valence-corrected chi connectivity index (χ3v) is 6.27. The average Bonchev–Trinajstić information content (AvgIpc) is 3.28. The van der Waals surface area contributed by atoms with Gasteiger partial charge in [-0.05, 0) is 42.8 Å². The number of amides is 1. The molecule has 1 N–H and O–H groups in total. The van der Waals surface area contributed by atoms with Crippen LogP contribution in [0.25, 0.3) is 32.7 Å². The normalized spacial score (nSPS) is 11.4. The minimum Gasteiger partial charge on any atom is -0.378 e. The molecule has 0 spiro atoms. The fraction of sp³-hybridized carbons (Fsp3) is 0.154. The van der Waals surface area contributed by atoms with Crippen molar-refractivity contribution in [1.29, 1.82) is 0 Å². The summed E-state index contributed by atoms with van der Waals surface area (Å²) in [6.45, 7) is 1.60. The number of nitrogens with one attached hydrogen (secondary N) is 1. The van der Waals surface area contributed by atoms with E-state index in [1.54, 1.807) is 14.0 Å². The number of allylic oxidation sites excluding steroid dienone is 1. The first kappa shape index (κ1) is 23.1. The Kier molecular flexibility index (Phi) is 6.70. The number of carbonyl (C=O) groups excluding carboxylic acids is 2. The van der Waals surface area contributed by atoms with E-state index in [0.717, 1.165) is 32.6 Å². The highest BCUT2D eigenvalue weighted by atomic mass is 32.1. The lowest BCUT2D eigenvalue weighted by atomic mass is 10.1. The van der Waals surface area contributed by atoms with Crippen LogP contribution in [0, 0.1) is 0 Å². The minimum atomic E-state index is -0.327. The summed E-state index contributed by atoms with van der Waals surface area (Å²) in [6, 6.07) is 18.0. The summed E-state index contributed by atoms with van der Waals surface area (Å²) in [4.78, 5) is 36.0. The highest BCUT2D eigenvalue weighted by Crippen LogP contribution is 2.38. The van der Waals surface area contributed by atoms with E-state index < -0.39 is 0 Å². The van der Waals surface area contributed by atoms with Gasteiger partial charge < -0.3 is 4.90 Å². The van der Waals surface area contributed by atoms with E-state index in [2.05, 4.69) is 10.8 Å². The Morgan fingerprint density at radius 2 is 1.68 bits per heavy atom. The molecule has 2 heterocycles. The largest absolute Gasteiger partial charge is 0.378 e. The minimum absolute atomic E-state index is 0.323. The number of hydrogen-bond donors (Lipinski definition) is 1. The molecule has 2 aromatic heterocycles. The second kappa shape index (κ2) is 9.84. The maximum Gasteiger partial charge on any atom is 0.267 e. The molecule has 1 amide bonds. The average molecular weight is 472 g/mol. The zero-order valence-electron chi connectivity index (χ0n) is 19.4. The van der Waals surface area contributed by atoms with Gasteiger partial charge in [0.2, 0.25) is 0 Å². The number of nitrogens with zero attached hydrogens (tertiary/aromatic N) is 4. The lowest BCUT2D eigenvalue weighted by Gasteiger charge is -2.20. The lowest BCUT2D eigenvalue weighted by Crippen LogP contribution is -2.33. The van der Waals surface area contributed by atoms with Crippen LogP contribution < -0.4 is 10.3 Å². The number of hydrazine groups is 1. The van der Waals surface area contributed by atoms with Crippen molar-refractivity contribution in [3.63, 3.8) is 0 Å². The van der Waals surface area contributed by atoms with Crippen LogP contribution in [0.5, 0.6) is 0 Å². The summed E-state index contributed by atoms with van der Waals surface area (Å²) in [7, 11) is 5.59. The van der Waals surface area contributed by atoms with Gasteiger partial charge in [-0.15, -0.1) is 11.3 Å². The van der Waals surface area contributed by atoms with Crippen molar-refractivity contribution < 1.29 is 9.59 Å². The van der Waals surface area contributed by atoms with Crippen molar-refractivity contribution in [2.45, 2.75) is 6.92 Å². The Bertz CT molecular complexity index is 1360. The molecule has 0 saturated carbocycles. The molecule has 8 heteroatoms. The summed E-state index contributed by atoms with van der Waals surface area (Å²) in [5, 5.41) is 4.22. The van der Waals surface area contributed by atoms with Crippen molar-refractivity contribution in [2.24, 2.45) is 0 Å². The number of thiophene rings is 1. The number of anilines is 2. The van der Waals surface area contributed by atoms with E-state index >= 15 is 0 Å². The van der Waals surface area contributed by atoms with Crippen molar-refractivity contribution in [2.75, 3.05) is 31.5 Å². The molecule has 0 unspecified atom stereocenters. The number of aldehydes is 1. The Morgan fingerprint density at radius 1 is 0.971 bits per heavy atom. The smallest absolute Gasteiger partial charge is 0.267 e. The summed E-state index contributed by atoms with van der Waals surface area (Å²) in [5.74, 6) is 0.751. The van der Waals surface area contributed by atoms with Gasteiger partial charge >= 0.3 is 0 Å². The van der Waals surface area contributed by atoms with Gasteiger partial charge in [0.15, 0.2) is 11.6 Å². The fourth-order valence-corrected chi connectivity index (χ4v) is 4.49. The van der Waals surface area contributed by atoms with Crippen LogP contribution >= 0.6 is 11.3 Å². The molecule has 172 valence electrons. The molecule has 0 fully saturated rings. The molecule has 34 heavy (non-hydrogen) atoms. The van der Waals surface area contributed by atoms with Crippen LogP contribution in [0.15, 0.2) is 71.6 Å². The van der Waals surface area contributed by atoms with Crippen LogP contribution in [-0.4, -0.2) is 48.3 Å². The molecule has 0 bridgehead atoms. The number of carbonyl (C=O) groups is 2. The standard InChI is InChI=1S/C26H25N5O2S/c1-17(14-15-32)26(33)31(4)29-24-22-21(18-8-6-5-7-9-18)16-34-25(22)28-23(27-24)19-10-12-20(13-11-19)30(2)3/h5-16H,1-4H3,(H,27,28,29)/b17-14-. The predicted octanol–water partition coefficient (Wildman–Crippen LogP) is 5.02. The zero-order chi connectivity index (χ0) is 24.2. The van der Waals surface area contributed by atoms with E-state index in [1.165, 1.54) is 22.4 Å². The molecule has 4 rings (SSSR count). The number of hydrogen-bond acceptors (Lipinski definition) is 7. The van der Waals surface area contributed by atoms with Gasteiger partial charge in [0.1, 0.15) is 11.1 Å². The Hall–Kier alpha value is -4.04. The molecular weight excluding hydrogens is 446 g/mol. The van der Waals surface area contributed by atoms with Gasteiger partial charge in [0.25, 0.3) is 5.91 Å². The molecule has 0 aliphatic carbocycles. The van der Waals surface area contributed by atoms with Crippen molar-refractivity contribution in [3.8, 4) is 22.5 Å².